The van der Waals surface area contributed by atoms with Gasteiger partial charge in [0.25, 0.3) is 0 Å². The summed E-state index contributed by atoms with van der Waals surface area (Å²) in [6.07, 6.45) is 0.348. The molecule has 0 radical (unpaired) electrons. The van der Waals surface area contributed by atoms with E-state index in [0.717, 1.165) is 16.7 Å². The zero-order chi connectivity index (χ0) is 17.5. The van der Waals surface area contributed by atoms with Gasteiger partial charge in [-0.1, -0.05) is 103 Å². The standard InChI is InChI=1S/C22H19NOS/c24-21(18-12-6-2-7-13-18)16-20(17-10-4-1-5-11-17)23-22(25)19-14-8-3-9-15-19/h1-15,20H,16H2,(H,23,25). The van der Waals surface area contributed by atoms with E-state index in [0.29, 0.717) is 11.4 Å². The first kappa shape index (κ1) is 17.1. The van der Waals surface area contributed by atoms with E-state index in [1.807, 2.05) is 91.0 Å². The average molecular weight is 345 g/mol. The van der Waals surface area contributed by atoms with Gasteiger partial charge in [0, 0.05) is 17.5 Å². The second-order valence-electron chi connectivity index (χ2n) is 5.80. The molecule has 2 nitrogen and oxygen atoms in total. The van der Waals surface area contributed by atoms with E-state index in [2.05, 4.69) is 5.32 Å². The predicted molar refractivity (Wildman–Crippen MR) is 106 cm³/mol. The molecule has 0 saturated carbocycles. The van der Waals surface area contributed by atoms with Crippen LogP contribution in [0, 0.1) is 0 Å². The highest BCUT2D eigenvalue weighted by molar-refractivity contribution is 7.80. The van der Waals surface area contributed by atoms with Crippen LogP contribution in [0.1, 0.15) is 33.9 Å². The maximum absolute atomic E-state index is 12.7. The zero-order valence-electron chi connectivity index (χ0n) is 13.8. The fourth-order valence-corrected chi connectivity index (χ4v) is 2.97. The largest absolute Gasteiger partial charge is 0.369 e. The maximum atomic E-state index is 12.7. The van der Waals surface area contributed by atoms with Crippen LogP contribution in [0.25, 0.3) is 0 Å². The van der Waals surface area contributed by atoms with Gasteiger partial charge in [-0.05, 0) is 5.56 Å². The topological polar surface area (TPSA) is 29.1 Å². The molecule has 3 aromatic rings. The quantitative estimate of drug-likeness (QED) is 0.505. The van der Waals surface area contributed by atoms with E-state index in [1.54, 1.807) is 0 Å². The Kier molecular flexibility index (Phi) is 5.70. The molecule has 0 aliphatic heterocycles. The smallest absolute Gasteiger partial charge is 0.165 e. The molecule has 1 atom stereocenters. The van der Waals surface area contributed by atoms with Crippen LogP contribution in [0.2, 0.25) is 0 Å². The molecule has 0 aliphatic rings. The first-order valence-corrected chi connectivity index (χ1v) is 8.64. The Morgan fingerprint density at radius 1 is 0.760 bits per heavy atom. The van der Waals surface area contributed by atoms with Gasteiger partial charge < -0.3 is 5.32 Å². The second kappa shape index (κ2) is 8.36. The van der Waals surface area contributed by atoms with Crippen molar-refractivity contribution in [1.29, 1.82) is 0 Å². The number of rotatable bonds is 6. The number of carbonyl (C=O) groups excluding carboxylic acids is 1. The highest BCUT2D eigenvalue weighted by Gasteiger charge is 2.18. The van der Waals surface area contributed by atoms with E-state index in [-0.39, 0.29) is 11.8 Å². The summed E-state index contributed by atoms with van der Waals surface area (Å²) < 4.78 is 0. The van der Waals surface area contributed by atoms with E-state index in [9.17, 15) is 4.79 Å². The van der Waals surface area contributed by atoms with E-state index >= 15 is 0 Å². The Bertz CT molecular complexity index is 778. The number of carbonyl (C=O) groups is 1. The van der Waals surface area contributed by atoms with Crippen molar-refractivity contribution in [1.82, 2.24) is 5.32 Å². The average Bonchev–Trinajstić information content (AvgIpc) is 2.69. The van der Waals surface area contributed by atoms with E-state index in [4.69, 9.17) is 12.2 Å². The molecule has 0 aromatic heterocycles. The SMILES string of the molecule is O=C(CC(NC(=S)c1ccccc1)c1ccccc1)c1ccccc1. The van der Waals surface area contributed by atoms with Gasteiger partial charge in [0.05, 0.1) is 6.04 Å². The first-order chi connectivity index (χ1) is 12.2. The van der Waals surface area contributed by atoms with Crippen molar-refractivity contribution >= 4 is 23.0 Å². The number of ketones is 1. The van der Waals surface area contributed by atoms with Gasteiger partial charge >= 0.3 is 0 Å². The van der Waals surface area contributed by atoms with Gasteiger partial charge in [0.1, 0.15) is 4.99 Å². The Labute approximate surface area is 153 Å². The minimum absolute atomic E-state index is 0.0952. The molecule has 25 heavy (non-hydrogen) atoms. The molecule has 0 spiro atoms. The van der Waals surface area contributed by atoms with Crippen LogP contribution in [0.3, 0.4) is 0 Å². The molecule has 0 fully saturated rings. The van der Waals surface area contributed by atoms with Crippen LogP contribution in [0.5, 0.6) is 0 Å². The lowest BCUT2D eigenvalue weighted by Crippen LogP contribution is -2.29. The van der Waals surface area contributed by atoms with E-state index < -0.39 is 0 Å². The summed E-state index contributed by atoms with van der Waals surface area (Å²) in [7, 11) is 0. The normalized spacial score (nSPS) is 11.5. The van der Waals surface area contributed by atoms with Crippen LogP contribution >= 0.6 is 12.2 Å². The third-order valence-corrected chi connectivity index (χ3v) is 4.38. The van der Waals surface area contributed by atoms with Crippen LogP contribution in [0.15, 0.2) is 91.0 Å². The van der Waals surface area contributed by atoms with Crippen LogP contribution < -0.4 is 5.32 Å². The maximum Gasteiger partial charge on any atom is 0.165 e. The van der Waals surface area contributed by atoms with Crippen molar-refractivity contribution in [2.45, 2.75) is 12.5 Å². The van der Waals surface area contributed by atoms with Crippen molar-refractivity contribution in [3.63, 3.8) is 0 Å². The Balaban J connectivity index is 1.81. The summed E-state index contributed by atoms with van der Waals surface area (Å²) in [5, 5.41) is 3.36. The number of Topliss-reactive ketones (excluding diaryl/α,β-unsaturated/α-hetero) is 1. The van der Waals surface area contributed by atoms with Gasteiger partial charge in [-0.25, -0.2) is 0 Å². The summed E-state index contributed by atoms with van der Waals surface area (Å²) in [4.78, 5) is 13.3. The molecular weight excluding hydrogens is 326 g/mol. The third-order valence-electron chi connectivity index (χ3n) is 4.03. The number of hydrogen-bond acceptors (Lipinski definition) is 2. The Morgan fingerprint density at radius 2 is 1.24 bits per heavy atom. The summed E-state index contributed by atoms with van der Waals surface area (Å²) in [5.41, 5.74) is 2.71. The predicted octanol–water partition coefficient (Wildman–Crippen LogP) is 4.97. The molecule has 0 aliphatic carbocycles. The van der Waals surface area contributed by atoms with Crippen LogP contribution in [-0.2, 0) is 0 Å². The molecule has 0 amide bonds. The van der Waals surface area contributed by atoms with Crippen LogP contribution in [-0.4, -0.2) is 10.8 Å². The summed E-state index contributed by atoms with van der Waals surface area (Å²) >= 11 is 5.54. The van der Waals surface area contributed by atoms with Gasteiger partial charge in [-0.15, -0.1) is 0 Å². The van der Waals surface area contributed by atoms with Crippen molar-refractivity contribution in [3.05, 3.63) is 108 Å². The number of benzene rings is 3. The Morgan fingerprint density at radius 3 is 1.80 bits per heavy atom. The van der Waals surface area contributed by atoms with Crippen molar-refractivity contribution in [2.75, 3.05) is 0 Å². The molecule has 0 saturated heterocycles. The lowest BCUT2D eigenvalue weighted by Gasteiger charge is -2.20. The van der Waals surface area contributed by atoms with Crippen molar-refractivity contribution < 1.29 is 4.79 Å². The van der Waals surface area contributed by atoms with Gasteiger partial charge in [-0.2, -0.15) is 0 Å². The summed E-state index contributed by atoms with van der Waals surface area (Å²) in [6.45, 7) is 0. The lowest BCUT2D eigenvalue weighted by atomic mass is 9.97. The molecular formula is C22H19NOS. The fourth-order valence-electron chi connectivity index (χ4n) is 2.70. The molecule has 3 rings (SSSR count). The van der Waals surface area contributed by atoms with Crippen molar-refractivity contribution in [2.24, 2.45) is 0 Å². The molecule has 3 aromatic carbocycles. The monoisotopic (exact) mass is 345 g/mol. The van der Waals surface area contributed by atoms with Crippen LogP contribution in [0.4, 0.5) is 0 Å². The number of nitrogens with one attached hydrogen (secondary N) is 1. The zero-order valence-corrected chi connectivity index (χ0v) is 14.6. The summed E-state index contributed by atoms with van der Waals surface area (Å²) in [6, 6.07) is 29.0. The molecule has 3 heteroatoms. The van der Waals surface area contributed by atoms with Gasteiger partial charge in [0.2, 0.25) is 0 Å². The minimum Gasteiger partial charge on any atom is -0.369 e. The number of hydrogen-bond donors (Lipinski definition) is 1. The second-order valence-corrected chi connectivity index (χ2v) is 6.20. The summed E-state index contributed by atoms with van der Waals surface area (Å²) in [5.74, 6) is 0.0952. The highest BCUT2D eigenvalue weighted by atomic mass is 32.1. The van der Waals surface area contributed by atoms with E-state index in [1.165, 1.54) is 0 Å². The minimum atomic E-state index is -0.165. The molecule has 0 bridgehead atoms. The third kappa shape index (κ3) is 4.61. The first-order valence-electron chi connectivity index (χ1n) is 8.23. The highest BCUT2D eigenvalue weighted by Crippen LogP contribution is 2.20. The fraction of sp³-hybridized carbons (Fsp3) is 0.0909. The Hall–Kier alpha value is -2.78. The van der Waals surface area contributed by atoms with Crippen molar-refractivity contribution in [3.8, 4) is 0 Å². The molecule has 1 unspecified atom stereocenters. The lowest BCUT2D eigenvalue weighted by molar-refractivity contribution is 0.0971. The molecule has 0 heterocycles. The molecule has 1 N–H and O–H groups in total. The molecule has 124 valence electrons. The van der Waals surface area contributed by atoms with Gasteiger partial charge in [-0.3, -0.25) is 4.79 Å². The number of thiocarbonyl (C=S) groups is 1. The van der Waals surface area contributed by atoms with Gasteiger partial charge in [0.15, 0.2) is 5.78 Å².